The molecule has 4 atom stereocenters. The van der Waals surface area contributed by atoms with Crippen molar-refractivity contribution in [3.8, 4) is 0 Å². The summed E-state index contributed by atoms with van der Waals surface area (Å²) in [5, 5.41) is 3.68. The summed E-state index contributed by atoms with van der Waals surface area (Å²) < 4.78 is 0. The Kier molecular flexibility index (Phi) is 9.07. The van der Waals surface area contributed by atoms with Crippen LogP contribution in [0.2, 0.25) is 0 Å². The fourth-order valence-corrected chi connectivity index (χ4v) is 13.1. The summed E-state index contributed by atoms with van der Waals surface area (Å²) in [7, 11) is 0.128. The molecule has 1 aromatic carbocycles. The quantitative estimate of drug-likeness (QED) is 0.328. The molecule has 0 nitrogen and oxygen atoms in total. The fourth-order valence-electron chi connectivity index (χ4n) is 5.21. The molecule has 3 heteroatoms. The molecule has 0 unspecified atom stereocenters. The zero-order valence-corrected chi connectivity index (χ0v) is 19.9. The van der Waals surface area contributed by atoms with Crippen molar-refractivity contribution in [2.45, 2.75) is 102 Å². The Morgan fingerprint density at radius 1 is 0.640 bits per heavy atom. The standard InChI is InChI=1S/C22H36P2.Rh/c1-5-17-13-14-18(6-2)23(17)21-11-9-10-12-22(21)24-19(7-3)15-16-20(24)8-4;/h9-12,17-20H,5-8,13-16H2,1-4H3;/t17-,18-,19-,20-;/m0./s1. The van der Waals surface area contributed by atoms with E-state index in [9.17, 15) is 0 Å². The second-order valence-electron chi connectivity index (χ2n) is 7.71. The van der Waals surface area contributed by atoms with Crippen LogP contribution in [0.15, 0.2) is 24.3 Å². The van der Waals surface area contributed by atoms with Gasteiger partial charge in [0.15, 0.2) is 0 Å². The fraction of sp³-hybridized carbons (Fsp3) is 0.727. The van der Waals surface area contributed by atoms with Crippen LogP contribution in [-0.4, -0.2) is 22.6 Å². The first-order chi connectivity index (χ1) is 11.7. The minimum atomic E-state index is 0. The maximum atomic E-state index is 2.55. The predicted molar refractivity (Wildman–Crippen MR) is 114 cm³/mol. The Labute approximate surface area is 171 Å². The van der Waals surface area contributed by atoms with Gasteiger partial charge in [-0.1, -0.05) is 67.8 Å². The van der Waals surface area contributed by atoms with Gasteiger partial charge in [0.25, 0.3) is 0 Å². The molecule has 3 rings (SSSR count). The predicted octanol–water partition coefficient (Wildman–Crippen LogP) is 6.60. The van der Waals surface area contributed by atoms with E-state index < -0.39 is 0 Å². The minimum Gasteiger partial charge on any atom is -0.0683 e. The molecule has 0 spiro atoms. The molecule has 0 N–H and O–H groups in total. The Balaban J connectivity index is 0.00000225. The molecule has 1 aromatic rings. The zero-order chi connectivity index (χ0) is 17.1. The molecule has 2 aliphatic rings. The largest absolute Gasteiger partial charge is 0.0683 e. The molecular formula is C22H36P2Rh. The summed E-state index contributed by atoms with van der Waals surface area (Å²) in [6.07, 6.45) is 11.5. The normalized spacial score (nSPS) is 30.6. The van der Waals surface area contributed by atoms with Gasteiger partial charge in [-0.05, 0) is 84.6 Å². The summed E-state index contributed by atoms with van der Waals surface area (Å²) in [4.78, 5) is 0. The van der Waals surface area contributed by atoms with E-state index in [4.69, 9.17) is 0 Å². The van der Waals surface area contributed by atoms with E-state index in [1.54, 1.807) is 0 Å². The molecule has 25 heavy (non-hydrogen) atoms. The van der Waals surface area contributed by atoms with E-state index in [2.05, 4.69) is 52.0 Å². The molecule has 2 heterocycles. The molecule has 143 valence electrons. The van der Waals surface area contributed by atoms with Gasteiger partial charge >= 0.3 is 0 Å². The Morgan fingerprint density at radius 3 is 1.16 bits per heavy atom. The smallest absolute Gasteiger partial charge is 0 e. The third-order valence-electron chi connectivity index (χ3n) is 6.56. The Bertz CT molecular complexity index is 462. The molecule has 0 aromatic heterocycles. The summed E-state index contributed by atoms with van der Waals surface area (Å²) in [6, 6.07) is 9.79. The van der Waals surface area contributed by atoms with E-state index in [-0.39, 0.29) is 35.3 Å². The van der Waals surface area contributed by atoms with Gasteiger partial charge in [0.2, 0.25) is 0 Å². The van der Waals surface area contributed by atoms with Crippen molar-refractivity contribution in [3.63, 3.8) is 0 Å². The average molecular weight is 465 g/mol. The van der Waals surface area contributed by atoms with E-state index in [0.717, 1.165) is 22.6 Å². The molecule has 2 fully saturated rings. The van der Waals surface area contributed by atoms with Crippen LogP contribution in [0, 0.1) is 0 Å². The maximum absolute atomic E-state index is 2.55. The van der Waals surface area contributed by atoms with Gasteiger partial charge in [0, 0.05) is 19.5 Å². The molecule has 0 amide bonds. The van der Waals surface area contributed by atoms with Crippen LogP contribution in [0.25, 0.3) is 0 Å². The topological polar surface area (TPSA) is 0 Å². The van der Waals surface area contributed by atoms with E-state index in [1.165, 1.54) is 51.4 Å². The van der Waals surface area contributed by atoms with Crippen LogP contribution in [0.5, 0.6) is 0 Å². The third-order valence-corrected chi connectivity index (χ3v) is 14.3. The second kappa shape index (κ2) is 10.3. The van der Waals surface area contributed by atoms with E-state index >= 15 is 0 Å². The number of hydrogen-bond acceptors (Lipinski definition) is 0. The molecule has 0 bridgehead atoms. The molecular weight excluding hydrogens is 429 g/mol. The van der Waals surface area contributed by atoms with Gasteiger partial charge in [-0.25, -0.2) is 0 Å². The van der Waals surface area contributed by atoms with E-state index in [1.807, 2.05) is 10.6 Å². The van der Waals surface area contributed by atoms with Gasteiger partial charge < -0.3 is 0 Å². The van der Waals surface area contributed by atoms with Crippen LogP contribution in [0.3, 0.4) is 0 Å². The van der Waals surface area contributed by atoms with Crippen LogP contribution in [0.1, 0.15) is 79.1 Å². The molecule has 2 saturated heterocycles. The molecule has 1 radical (unpaired) electrons. The first-order valence-corrected chi connectivity index (χ1v) is 13.4. The minimum absolute atomic E-state index is 0. The summed E-state index contributed by atoms with van der Waals surface area (Å²) in [5.74, 6) is 0. The Hall–Kier alpha value is 0.703. The van der Waals surface area contributed by atoms with Crippen LogP contribution < -0.4 is 10.6 Å². The van der Waals surface area contributed by atoms with Crippen molar-refractivity contribution in [1.82, 2.24) is 0 Å². The Morgan fingerprint density at radius 2 is 0.920 bits per heavy atom. The van der Waals surface area contributed by atoms with E-state index in [0.29, 0.717) is 0 Å². The van der Waals surface area contributed by atoms with Crippen molar-refractivity contribution in [2.24, 2.45) is 0 Å². The van der Waals surface area contributed by atoms with Gasteiger partial charge in [0.05, 0.1) is 0 Å². The zero-order valence-electron chi connectivity index (χ0n) is 16.5. The molecule has 0 aliphatic carbocycles. The third kappa shape index (κ3) is 4.42. The number of hydrogen-bond donors (Lipinski definition) is 0. The summed E-state index contributed by atoms with van der Waals surface area (Å²) in [6.45, 7) is 9.74. The monoisotopic (exact) mass is 465 g/mol. The number of rotatable bonds is 6. The molecule has 0 saturated carbocycles. The van der Waals surface area contributed by atoms with Crippen molar-refractivity contribution < 1.29 is 19.5 Å². The van der Waals surface area contributed by atoms with Crippen molar-refractivity contribution >= 4 is 26.5 Å². The molecule has 2 aliphatic heterocycles. The SMILES string of the molecule is CC[C@H]1CC[C@H](CC)P1c1ccccc1P1[C@@H](CC)CC[C@@H]1CC.[Rh]. The van der Waals surface area contributed by atoms with Gasteiger partial charge in [-0.15, -0.1) is 0 Å². The van der Waals surface area contributed by atoms with Crippen molar-refractivity contribution in [1.29, 1.82) is 0 Å². The maximum Gasteiger partial charge on any atom is 0 e. The average Bonchev–Trinajstić information content (AvgIpc) is 3.24. The van der Waals surface area contributed by atoms with Gasteiger partial charge in [-0.2, -0.15) is 0 Å². The van der Waals surface area contributed by atoms with Crippen LogP contribution in [0.4, 0.5) is 0 Å². The van der Waals surface area contributed by atoms with Crippen LogP contribution in [-0.2, 0) is 19.5 Å². The summed E-state index contributed by atoms with van der Waals surface area (Å²) >= 11 is 0. The second-order valence-corrected chi connectivity index (χ2v) is 13.2. The first-order valence-electron chi connectivity index (χ1n) is 10.4. The van der Waals surface area contributed by atoms with Gasteiger partial charge in [0.1, 0.15) is 0 Å². The summed E-state index contributed by atoms with van der Waals surface area (Å²) in [5.41, 5.74) is 3.96. The first kappa shape index (κ1) is 22.0. The van der Waals surface area contributed by atoms with Crippen molar-refractivity contribution in [3.05, 3.63) is 24.3 Å². The van der Waals surface area contributed by atoms with Gasteiger partial charge in [-0.3, -0.25) is 0 Å². The number of benzene rings is 1. The van der Waals surface area contributed by atoms with Crippen molar-refractivity contribution in [2.75, 3.05) is 0 Å². The van der Waals surface area contributed by atoms with Crippen LogP contribution >= 0.6 is 15.8 Å².